The topological polar surface area (TPSA) is 84.3 Å². The average Bonchev–Trinajstić information content (AvgIpc) is 3.16. The molecule has 154 valence electrons. The molecule has 0 atom stereocenters. The number of aryl methyl sites for hydroxylation is 2. The number of rotatable bonds is 4. The summed E-state index contributed by atoms with van der Waals surface area (Å²) in [7, 11) is -1.85. The van der Waals surface area contributed by atoms with Crippen molar-refractivity contribution in [2.24, 2.45) is 7.05 Å². The number of likely N-dealkylation sites (tertiary alicyclic amines) is 1. The van der Waals surface area contributed by atoms with Gasteiger partial charge in [0, 0.05) is 31.9 Å². The highest BCUT2D eigenvalue weighted by atomic mass is 32.2. The normalized spacial score (nSPS) is 15.8. The van der Waals surface area contributed by atoms with Crippen LogP contribution in [0.1, 0.15) is 55.4 Å². The summed E-state index contributed by atoms with van der Waals surface area (Å²) in [4.78, 5) is 20.1. The fourth-order valence-electron chi connectivity index (χ4n) is 3.30. The molecule has 1 saturated heterocycles. The number of carbonyl (C=O) groups is 1. The van der Waals surface area contributed by atoms with E-state index in [4.69, 9.17) is 0 Å². The molecular weight excluding hydrogens is 396 g/mol. The van der Waals surface area contributed by atoms with E-state index in [1.54, 1.807) is 44.6 Å². The lowest BCUT2D eigenvalue weighted by Gasteiger charge is -2.26. The lowest BCUT2D eigenvalue weighted by molar-refractivity contribution is 0.0728. The number of sulfonamides is 1. The molecule has 2 aromatic rings. The largest absolute Gasteiger partial charge is 0.347 e. The van der Waals surface area contributed by atoms with Crippen LogP contribution in [0.25, 0.3) is 10.7 Å². The first kappa shape index (κ1) is 21.0. The van der Waals surface area contributed by atoms with Crippen LogP contribution in [0.15, 0.2) is 17.2 Å². The zero-order valence-electron chi connectivity index (χ0n) is 17.1. The van der Waals surface area contributed by atoms with E-state index in [2.05, 4.69) is 9.71 Å². The summed E-state index contributed by atoms with van der Waals surface area (Å²) in [5.74, 6) is 0.0254. The number of piperidine rings is 1. The minimum Gasteiger partial charge on any atom is -0.347 e. The molecule has 28 heavy (non-hydrogen) atoms. The summed E-state index contributed by atoms with van der Waals surface area (Å²) in [6, 6.07) is 1.61. The molecule has 9 heteroatoms. The molecule has 1 N–H and O–H groups in total. The van der Waals surface area contributed by atoms with Crippen molar-refractivity contribution in [3.63, 3.8) is 0 Å². The van der Waals surface area contributed by atoms with Crippen LogP contribution in [0.3, 0.4) is 0 Å². The predicted octanol–water partition coefficient (Wildman–Crippen LogP) is 3.16. The molecule has 0 spiro atoms. The van der Waals surface area contributed by atoms with Gasteiger partial charge < -0.3 is 9.47 Å². The maximum Gasteiger partial charge on any atom is 0.265 e. The fraction of sp³-hybridized carbons (Fsp3) is 0.579. The number of nitrogens with one attached hydrogen (secondary N) is 1. The van der Waals surface area contributed by atoms with E-state index in [0.29, 0.717) is 21.3 Å². The molecule has 1 amide bonds. The van der Waals surface area contributed by atoms with Gasteiger partial charge in [0.1, 0.15) is 14.8 Å². The molecule has 1 aliphatic heterocycles. The van der Waals surface area contributed by atoms with Gasteiger partial charge in [-0.3, -0.25) is 4.79 Å². The van der Waals surface area contributed by atoms with Crippen LogP contribution in [0.4, 0.5) is 0 Å². The quantitative estimate of drug-likeness (QED) is 0.817. The zero-order valence-corrected chi connectivity index (χ0v) is 18.7. The molecule has 3 rings (SSSR count). The summed E-state index contributed by atoms with van der Waals surface area (Å²) in [6.07, 6.45) is 4.82. The van der Waals surface area contributed by atoms with Crippen LogP contribution in [0.5, 0.6) is 0 Å². The van der Waals surface area contributed by atoms with Gasteiger partial charge in [-0.2, -0.15) is 0 Å². The SMILES string of the molecule is Cc1nc(-c2cc(S(=O)(=O)NC(C)(C)C)cn2C)sc1C(=O)N1CCCCC1. The Morgan fingerprint density at radius 1 is 1.21 bits per heavy atom. The van der Waals surface area contributed by atoms with E-state index in [9.17, 15) is 13.2 Å². The molecule has 3 heterocycles. The Kier molecular flexibility index (Phi) is 5.71. The highest BCUT2D eigenvalue weighted by Gasteiger charge is 2.27. The Balaban J connectivity index is 1.91. The number of hydrogen-bond acceptors (Lipinski definition) is 5. The van der Waals surface area contributed by atoms with E-state index >= 15 is 0 Å². The second kappa shape index (κ2) is 7.61. The summed E-state index contributed by atoms with van der Waals surface area (Å²) >= 11 is 1.33. The van der Waals surface area contributed by atoms with Gasteiger partial charge in [-0.15, -0.1) is 11.3 Å². The number of carbonyl (C=O) groups excluding carboxylic acids is 1. The van der Waals surface area contributed by atoms with Gasteiger partial charge in [0.2, 0.25) is 10.0 Å². The molecule has 0 aromatic carbocycles. The number of amides is 1. The van der Waals surface area contributed by atoms with Crippen LogP contribution >= 0.6 is 11.3 Å². The zero-order chi connectivity index (χ0) is 20.7. The Morgan fingerprint density at radius 3 is 2.46 bits per heavy atom. The Morgan fingerprint density at radius 2 is 1.86 bits per heavy atom. The minimum absolute atomic E-state index is 0.0254. The first-order valence-electron chi connectivity index (χ1n) is 9.45. The second-order valence-corrected chi connectivity index (χ2v) is 11.0. The third-order valence-electron chi connectivity index (χ3n) is 4.58. The van der Waals surface area contributed by atoms with Gasteiger partial charge in [0.05, 0.1) is 11.4 Å². The van der Waals surface area contributed by atoms with Crippen molar-refractivity contribution in [3.05, 3.63) is 22.8 Å². The Bertz CT molecular complexity index is 977. The number of thiazole rings is 1. The number of hydrogen-bond donors (Lipinski definition) is 1. The van der Waals surface area contributed by atoms with E-state index in [0.717, 1.165) is 25.9 Å². The molecule has 1 aliphatic rings. The molecule has 0 bridgehead atoms. The van der Waals surface area contributed by atoms with Gasteiger partial charge in [0.25, 0.3) is 5.91 Å². The first-order valence-corrected chi connectivity index (χ1v) is 11.8. The third kappa shape index (κ3) is 4.47. The highest BCUT2D eigenvalue weighted by molar-refractivity contribution is 7.89. The smallest absolute Gasteiger partial charge is 0.265 e. The van der Waals surface area contributed by atoms with Gasteiger partial charge in [-0.05, 0) is 53.0 Å². The monoisotopic (exact) mass is 424 g/mol. The maximum atomic E-state index is 12.9. The van der Waals surface area contributed by atoms with Gasteiger partial charge >= 0.3 is 0 Å². The van der Waals surface area contributed by atoms with Crippen molar-refractivity contribution in [2.45, 2.75) is 57.4 Å². The molecule has 2 aromatic heterocycles. The Hall–Kier alpha value is -1.71. The highest BCUT2D eigenvalue weighted by Crippen LogP contribution is 2.31. The molecule has 0 saturated carbocycles. The molecule has 7 nitrogen and oxygen atoms in total. The van der Waals surface area contributed by atoms with Gasteiger partial charge in [-0.1, -0.05) is 0 Å². The van der Waals surface area contributed by atoms with Crippen molar-refractivity contribution in [1.29, 1.82) is 0 Å². The van der Waals surface area contributed by atoms with Crippen LogP contribution in [0.2, 0.25) is 0 Å². The lowest BCUT2D eigenvalue weighted by atomic mass is 10.1. The second-order valence-electron chi connectivity index (χ2n) is 8.31. The Labute approximate surface area is 170 Å². The number of aromatic nitrogens is 2. The fourth-order valence-corrected chi connectivity index (χ4v) is 5.88. The van der Waals surface area contributed by atoms with Crippen molar-refractivity contribution >= 4 is 27.3 Å². The van der Waals surface area contributed by atoms with Gasteiger partial charge in [-0.25, -0.2) is 18.1 Å². The summed E-state index contributed by atoms with van der Waals surface area (Å²) in [5.41, 5.74) is 0.801. The minimum atomic E-state index is -3.63. The molecule has 0 aliphatic carbocycles. The molecular formula is C19H28N4O3S2. The van der Waals surface area contributed by atoms with Crippen LogP contribution < -0.4 is 4.72 Å². The van der Waals surface area contributed by atoms with Crippen molar-refractivity contribution < 1.29 is 13.2 Å². The molecule has 1 fully saturated rings. The first-order chi connectivity index (χ1) is 13.0. The predicted molar refractivity (Wildman–Crippen MR) is 111 cm³/mol. The van der Waals surface area contributed by atoms with Crippen molar-refractivity contribution in [2.75, 3.05) is 13.1 Å². The summed E-state index contributed by atoms with van der Waals surface area (Å²) in [6.45, 7) is 8.82. The number of nitrogens with zero attached hydrogens (tertiary/aromatic N) is 3. The average molecular weight is 425 g/mol. The van der Waals surface area contributed by atoms with E-state index in [-0.39, 0.29) is 10.8 Å². The molecule has 0 radical (unpaired) electrons. The summed E-state index contributed by atoms with van der Waals surface area (Å²) in [5, 5.41) is 0.651. The lowest BCUT2D eigenvalue weighted by Crippen LogP contribution is -2.40. The van der Waals surface area contributed by atoms with E-state index in [1.165, 1.54) is 17.8 Å². The van der Waals surface area contributed by atoms with Gasteiger partial charge in [0.15, 0.2) is 0 Å². The van der Waals surface area contributed by atoms with Crippen LogP contribution in [-0.4, -0.2) is 47.4 Å². The maximum absolute atomic E-state index is 12.9. The van der Waals surface area contributed by atoms with Crippen LogP contribution in [-0.2, 0) is 17.1 Å². The van der Waals surface area contributed by atoms with Crippen LogP contribution in [0, 0.1) is 6.92 Å². The standard InChI is InChI=1S/C19H28N4O3S2/c1-13-16(18(24)23-9-7-6-8-10-23)27-17(20-13)15-11-14(12-22(15)5)28(25,26)21-19(2,3)4/h11-12,21H,6-10H2,1-5H3. The molecule has 0 unspecified atom stereocenters. The van der Waals surface area contributed by atoms with E-state index < -0.39 is 15.6 Å². The summed E-state index contributed by atoms with van der Waals surface area (Å²) < 4.78 is 29.7. The van der Waals surface area contributed by atoms with Crippen molar-refractivity contribution in [3.8, 4) is 10.7 Å². The third-order valence-corrected chi connectivity index (χ3v) is 7.48. The van der Waals surface area contributed by atoms with Crippen molar-refractivity contribution in [1.82, 2.24) is 19.2 Å². The van der Waals surface area contributed by atoms with E-state index in [1.807, 2.05) is 11.8 Å².